The Hall–Kier alpha value is 0.350. The molecule has 1 rings (SSSR count). The molecule has 0 aromatic rings. The number of sulfonamides is 1. The largest absolute Gasteiger partial charge is 0.384 e. The predicted molar refractivity (Wildman–Crippen MR) is 54.3 cm³/mol. The van der Waals surface area contributed by atoms with Crippen LogP contribution in [0.4, 0.5) is 0 Å². The Morgan fingerprint density at radius 2 is 2.31 bits per heavy atom. The first kappa shape index (κ1) is 11.4. The number of hydrogen-bond donors (Lipinski definition) is 0. The summed E-state index contributed by atoms with van der Waals surface area (Å²) in [6.45, 7) is 1.87. The maximum atomic E-state index is 11.4. The van der Waals surface area contributed by atoms with Crippen LogP contribution in [0.15, 0.2) is 0 Å². The van der Waals surface area contributed by atoms with Crippen molar-refractivity contribution in [3.8, 4) is 0 Å². The van der Waals surface area contributed by atoms with Gasteiger partial charge in [-0.3, -0.25) is 0 Å². The highest BCUT2D eigenvalue weighted by Gasteiger charge is 2.30. The topological polar surface area (TPSA) is 46.6 Å². The van der Waals surface area contributed by atoms with Gasteiger partial charge in [-0.15, -0.1) is 0 Å². The number of halogens is 1. The zero-order valence-electron chi connectivity index (χ0n) is 7.57. The lowest BCUT2D eigenvalue weighted by Crippen LogP contribution is -2.29. The average Bonchev–Trinajstić information content (AvgIpc) is 2.54. The van der Waals surface area contributed by atoms with E-state index in [1.165, 1.54) is 4.31 Å². The Morgan fingerprint density at radius 1 is 1.62 bits per heavy atom. The van der Waals surface area contributed by atoms with Gasteiger partial charge in [0.2, 0.25) is 10.0 Å². The van der Waals surface area contributed by atoms with Crippen LogP contribution in [0.3, 0.4) is 0 Å². The predicted octanol–water partition coefficient (Wildman–Crippen LogP) is 0.637. The fourth-order valence-electron chi connectivity index (χ4n) is 1.49. The molecule has 0 amide bonds. The molecule has 0 spiro atoms. The van der Waals surface area contributed by atoms with Crippen LogP contribution in [0.25, 0.3) is 0 Å². The summed E-state index contributed by atoms with van der Waals surface area (Å²) in [6, 6.07) is 0. The van der Waals surface area contributed by atoms with Crippen LogP contribution in [0.2, 0.25) is 0 Å². The van der Waals surface area contributed by atoms with Gasteiger partial charge >= 0.3 is 0 Å². The van der Waals surface area contributed by atoms with Gasteiger partial charge in [0.05, 0.1) is 6.61 Å². The van der Waals surface area contributed by atoms with Crippen molar-refractivity contribution in [1.82, 2.24) is 4.31 Å². The van der Waals surface area contributed by atoms with Crippen molar-refractivity contribution in [3.05, 3.63) is 0 Å². The van der Waals surface area contributed by atoms with Crippen LogP contribution < -0.4 is 0 Å². The van der Waals surface area contributed by atoms with E-state index in [4.69, 9.17) is 4.74 Å². The van der Waals surface area contributed by atoms with Gasteiger partial charge in [0.25, 0.3) is 0 Å². The minimum absolute atomic E-state index is 0.0136. The number of methoxy groups -OCH3 is 1. The zero-order chi connectivity index (χ0) is 9.90. The molecule has 13 heavy (non-hydrogen) atoms. The number of hydrogen-bond acceptors (Lipinski definition) is 3. The third-order valence-corrected chi connectivity index (χ3v) is 5.31. The van der Waals surface area contributed by atoms with Crippen LogP contribution in [-0.2, 0) is 14.8 Å². The fraction of sp³-hybridized carbons (Fsp3) is 1.00. The van der Waals surface area contributed by atoms with Crippen LogP contribution in [-0.4, -0.2) is 44.2 Å². The van der Waals surface area contributed by atoms with E-state index in [0.29, 0.717) is 25.6 Å². The van der Waals surface area contributed by atoms with Gasteiger partial charge in [-0.25, -0.2) is 12.7 Å². The molecule has 0 saturated carbocycles. The van der Waals surface area contributed by atoms with Gasteiger partial charge in [-0.05, 0) is 12.3 Å². The van der Waals surface area contributed by atoms with Crippen molar-refractivity contribution in [2.24, 2.45) is 5.92 Å². The number of rotatable bonds is 4. The van der Waals surface area contributed by atoms with Crippen molar-refractivity contribution in [2.45, 2.75) is 6.42 Å². The monoisotopic (exact) mass is 271 g/mol. The van der Waals surface area contributed by atoms with Crippen LogP contribution >= 0.6 is 15.9 Å². The second-order valence-electron chi connectivity index (χ2n) is 3.19. The van der Waals surface area contributed by atoms with Crippen molar-refractivity contribution in [1.29, 1.82) is 0 Å². The van der Waals surface area contributed by atoms with Crippen LogP contribution in [0, 0.1) is 5.92 Å². The SMILES string of the molecule is COCC1CCN(S(=O)(=O)CBr)C1. The first-order chi connectivity index (χ1) is 6.10. The van der Waals surface area contributed by atoms with Crippen molar-refractivity contribution in [3.63, 3.8) is 0 Å². The maximum absolute atomic E-state index is 11.4. The Balaban J connectivity index is 2.50. The maximum Gasteiger partial charge on any atom is 0.224 e. The number of ether oxygens (including phenoxy) is 1. The summed E-state index contributed by atoms with van der Waals surface area (Å²) >= 11 is 2.98. The van der Waals surface area contributed by atoms with E-state index in [0.717, 1.165) is 6.42 Å². The molecule has 1 saturated heterocycles. The normalized spacial score (nSPS) is 25.2. The summed E-state index contributed by atoms with van der Waals surface area (Å²) in [5, 5.41) is 0. The lowest BCUT2D eigenvalue weighted by Gasteiger charge is -2.14. The molecule has 6 heteroatoms. The van der Waals surface area contributed by atoms with E-state index in [2.05, 4.69) is 15.9 Å². The Morgan fingerprint density at radius 3 is 2.85 bits per heavy atom. The van der Waals surface area contributed by atoms with Crippen molar-refractivity contribution in [2.75, 3.05) is 31.5 Å². The quantitative estimate of drug-likeness (QED) is 0.705. The standard InChI is InChI=1S/C7H14BrNO3S/c1-12-5-7-2-3-9(4-7)13(10,11)6-8/h7H,2-6H2,1H3. The zero-order valence-corrected chi connectivity index (χ0v) is 9.97. The average molecular weight is 272 g/mol. The smallest absolute Gasteiger partial charge is 0.224 e. The third-order valence-electron chi connectivity index (χ3n) is 2.18. The molecule has 0 bridgehead atoms. The van der Waals surface area contributed by atoms with Gasteiger partial charge in [0, 0.05) is 20.2 Å². The molecule has 0 aromatic carbocycles. The summed E-state index contributed by atoms with van der Waals surface area (Å²) < 4.78 is 29.3. The van der Waals surface area contributed by atoms with Gasteiger partial charge in [-0.1, -0.05) is 15.9 Å². The van der Waals surface area contributed by atoms with Gasteiger partial charge in [0.15, 0.2) is 0 Å². The van der Waals surface area contributed by atoms with E-state index in [-0.39, 0.29) is 4.66 Å². The van der Waals surface area contributed by atoms with Gasteiger partial charge < -0.3 is 4.74 Å². The number of alkyl halides is 1. The minimum Gasteiger partial charge on any atom is -0.384 e. The Labute approximate surface area is 87.4 Å². The van der Waals surface area contributed by atoms with Crippen molar-refractivity contribution >= 4 is 26.0 Å². The Bertz CT molecular complexity index is 254. The second kappa shape index (κ2) is 4.72. The highest BCUT2D eigenvalue weighted by Crippen LogP contribution is 2.20. The molecular formula is C7H14BrNO3S. The molecule has 1 aliphatic rings. The molecule has 1 unspecified atom stereocenters. The summed E-state index contributed by atoms with van der Waals surface area (Å²) in [5.74, 6) is 0.360. The molecule has 1 atom stereocenters. The third kappa shape index (κ3) is 2.90. The molecule has 1 aliphatic heterocycles. The molecule has 0 radical (unpaired) electrons. The van der Waals surface area contributed by atoms with Crippen LogP contribution in [0.1, 0.15) is 6.42 Å². The first-order valence-corrected chi connectivity index (χ1v) is 6.86. The van der Waals surface area contributed by atoms with E-state index >= 15 is 0 Å². The molecule has 78 valence electrons. The highest BCUT2D eigenvalue weighted by molar-refractivity contribution is 9.10. The van der Waals surface area contributed by atoms with E-state index in [1.807, 2.05) is 0 Å². The van der Waals surface area contributed by atoms with Crippen molar-refractivity contribution < 1.29 is 13.2 Å². The van der Waals surface area contributed by atoms with Gasteiger partial charge in [-0.2, -0.15) is 0 Å². The molecular weight excluding hydrogens is 258 g/mol. The van der Waals surface area contributed by atoms with E-state index in [9.17, 15) is 8.42 Å². The number of nitrogens with zero attached hydrogens (tertiary/aromatic N) is 1. The van der Waals surface area contributed by atoms with E-state index < -0.39 is 10.0 Å². The fourth-order valence-corrected chi connectivity index (χ4v) is 3.32. The molecule has 1 fully saturated rings. The lowest BCUT2D eigenvalue weighted by atomic mass is 10.1. The molecule has 0 N–H and O–H groups in total. The van der Waals surface area contributed by atoms with E-state index in [1.54, 1.807) is 7.11 Å². The molecule has 1 heterocycles. The summed E-state index contributed by atoms with van der Waals surface area (Å²) in [6.07, 6.45) is 0.903. The summed E-state index contributed by atoms with van der Waals surface area (Å²) in [5.41, 5.74) is 0. The summed E-state index contributed by atoms with van der Waals surface area (Å²) in [4.78, 5) is 0. The second-order valence-corrected chi connectivity index (χ2v) is 6.46. The summed E-state index contributed by atoms with van der Waals surface area (Å²) in [7, 11) is -1.41. The molecule has 0 aromatic heterocycles. The molecule has 4 nitrogen and oxygen atoms in total. The highest BCUT2D eigenvalue weighted by atomic mass is 79.9. The lowest BCUT2D eigenvalue weighted by molar-refractivity contribution is 0.157. The first-order valence-electron chi connectivity index (χ1n) is 4.13. The Kier molecular flexibility index (Phi) is 4.15. The van der Waals surface area contributed by atoms with Crippen LogP contribution in [0.5, 0.6) is 0 Å². The van der Waals surface area contributed by atoms with Gasteiger partial charge in [0.1, 0.15) is 4.66 Å². The molecule has 0 aliphatic carbocycles. The minimum atomic E-state index is -3.05.